The summed E-state index contributed by atoms with van der Waals surface area (Å²) in [5.74, 6) is 2.33. The molecule has 0 aliphatic heterocycles. The highest BCUT2D eigenvalue weighted by molar-refractivity contribution is 14.1. The first-order valence-corrected chi connectivity index (χ1v) is 7.59. The van der Waals surface area contributed by atoms with E-state index in [-0.39, 0.29) is 0 Å². The molecule has 1 fully saturated rings. The number of halogens is 1. The minimum absolute atomic E-state index is 0.614. The Labute approximate surface area is 126 Å². The van der Waals surface area contributed by atoms with Gasteiger partial charge in [0, 0.05) is 30.4 Å². The van der Waals surface area contributed by atoms with Crippen molar-refractivity contribution >= 4 is 28.4 Å². The molecule has 0 saturated heterocycles. The van der Waals surface area contributed by atoms with Crippen molar-refractivity contribution in [2.24, 2.45) is 0 Å². The number of nitrogens with one attached hydrogen (secondary N) is 1. The van der Waals surface area contributed by atoms with E-state index in [1.165, 1.54) is 18.5 Å². The minimum Gasteiger partial charge on any atom is -0.369 e. The van der Waals surface area contributed by atoms with E-state index in [4.69, 9.17) is 4.98 Å². The highest BCUT2D eigenvalue weighted by Gasteiger charge is 2.29. The Balaban J connectivity index is 2.09. The summed E-state index contributed by atoms with van der Waals surface area (Å²) in [7, 11) is 0. The summed E-state index contributed by atoms with van der Waals surface area (Å²) in [5, 5.41) is 3.33. The van der Waals surface area contributed by atoms with Crippen LogP contribution >= 0.6 is 22.6 Å². The lowest BCUT2D eigenvalue weighted by Gasteiger charge is -2.11. The van der Waals surface area contributed by atoms with Crippen LogP contribution in [0.4, 0.5) is 5.82 Å². The van der Waals surface area contributed by atoms with Gasteiger partial charge in [0.15, 0.2) is 5.82 Å². The largest absolute Gasteiger partial charge is 0.369 e. The summed E-state index contributed by atoms with van der Waals surface area (Å²) in [5.41, 5.74) is 2.16. The molecule has 1 saturated carbocycles. The zero-order valence-electron chi connectivity index (χ0n) is 10.7. The lowest BCUT2D eigenvalue weighted by Crippen LogP contribution is -2.07. The second kappa shape index (κ2) is 5.40. The Bertz CT molecular complexity index is 581. The van der Waals surface area contributed by atoms with E-state index < -0.39 is 0 Å². The molecule has 0 atom stereocenters. The van der Waals surface area contributed by atoms with Gasteiger partial charge in [-0.2, -0.15) is 0 Å². The van der Waals surface area contributed by atoms with Gasteiger partial charge in [-0.3, -0.25) is 4.98 Å². The molecule has 1 N–H and O–H groups in total. The normalized spacial score (nSPS) is 14.4. The first-order chi connectivity index (χ1) is 9.29. The maximum absolute atomic E-state index is 4.75. The third kappa shape index (κ3) is 2.70. The van der Waals surface area contributed by atoms with Crippen molar-refractivity contribution in [2.75, 3.05) is 11.9 Å². The molecule has 1 aliphatic rings. The van der Waals surface area contributed by atoms with Crippen LogP contribution in [-0.4, -0.2) is 21.5 Å². The van der Waals surface area contributed by atoms with Crippen molar-refractivity contribution in [1.29, 1.82) is 0 Å². The van der Waals surface area contributed by atoms with Crippen molar-refractivity contribution in [1.82, 2.24) is 15.0 Å². The molecule has 0 aromatic carbocycles. The van der Waals surface area contributed by atoms with Crippen LogP contribution in [0.15, 0.2) is 24.5 Å². The third-order valence-corrected chi connectivity index (χ3v) is 4.17. The van der Waals surface area contributed by atoms with Gasteiger partial charge in [-0.25, -0.2) is 9.97 Å². The van der Waals surface area contributed by atoms with Crippen molar-refractivity contribution < 1.29 is 0 Å². The first-order valence-electron chi connectivity index (χ1n) is 6.51. The van der Waals surface area contributed by atoms with Crippen LogP contribution in [0.25, 0.3) is 11.4 Å². The molecule has 2 aromatic rings. The highest BCUT2D eigenvalue weighted by atomic mass is 127. The van der Waals surface area contributed by atoms with E-state index in [0.717, 1.165) is 27.3 Å². The number of rotatable bonds is 4. The zero-order valence-corrected chi connectivity index (χ0v) is 12.9. The average molecular weight is 366 g/mol. The molecule has 2 heterocycles. The lowest BCUT2D eigenvalue weighted by molar-refractivity contribution is 0.971. The predicted molar refractivity (Wildman–Crippen MR) is 84.1 cm³/mol. The van der Waals surface area contributed by atoms with Gasteiger partial charge in [0.2, 0.25) is 0 Å². The van der Waals surface area contributed by atoms with Crippen LogP contribution in [0, 0.1) is 3.57 Å². The standard InChI is InChI=1S/C14H15IN4/c1-2-17-14-11(15)12(9-5-6-9)18-13(19-14)10-4-3-7-16-8-10/h3-4,7-9H,2,5-6H2,1H3,(H,17,18,19). The highest BCUT2D eigenvalue weighted by Crippen LogP contribution is 2.42. The third-order valence-electron chi connectivity index (χ3n) is 3.10. The molecular weight excluding hydrogens is 351 g/mol. The molecule has 0 spiro atoms. The van der Waals surface area contributed by atoms with Crippen LogP contribution in [0.2, 0.25) is 0 Å². The van der Waals surface area contributed by atoms with Crippen LogP contribution in [0.1, 0.15) is 31.4 Å². The molecule has 1 aliphatic carbocycles. The maximum Gasteiger partial charge on any atom is 0.163 e. The van der Waals surface area contributed by atoms with Crippen LogP contribution in [-0.2, 0) is 0 Å². The molecule has 0 radical (unpaired) electrons. The van der Waals surface area contributed by atoms with E-state index in [9.17, 15) is 0 Å². The van der Waals surface area contributed by atoms with Crippen molar-refractivity contribution in [3.05, 3.63) is 33.8 Å². The Kier molecular flexibility index (Phi) is 3.63. The molecule has 98 valence electrons. The maximum atomic E-state index is 4.75. The molecule has 5 heteroatoms. The smallest absolute Gasteiger partial charge is 0.163 e. The van der Waals surface area contributed by atoms with Gasteiger partial charge in [0.25, 0.3) is 0 Å². The van der Waals surface area contributed by atoms with Crippen LogP contribution < -0.4 is 5.32 Å². The minimum atomic E-state index is 0.614. The quantitative estimate of drug-likeness (QED) is 0.843. The second-order valence-electron chi connectivity index (χ2n) is 4.64. The topological polar surface area (TPSA) is 50.7 Å². The number of pyridine rings is 1. The van der Waals surface area contributed by atoms with E-state index >= 15 is 0 Å². The number of hydrogen-bond donors (Lipinski definition) is 1. The number of anilines is 1. The van der Waals surface area contributed by atoms with Gasteiger partial charge < -0.3 is 5.32 Å². The van der Waals surface area contributed by atoms with Gasteiger partial charge in [0.05, 0.1) is 9.26 Å². The predicted octanol–water partition coefficient (Wildman–Crippen LogP) is 3.45. The van der Waals surface area contributed by atoms with E-state index in [1.54, 1.807) is 6.20 Å². The summed E-state index contributed by atoms with van der Waals surface area (Å²) >= 11 is 2.35. The Morgan fingerprint density at radius 3 is 2.84 bits per heavy atom. The Morgan fingerprint density at radius 2 is 2.21 bits per heavy atom. The van der Waals surface area contributed by atoms with Gasteiger partial charge in [-0.05, 0) is 54.5 Å². The molecule has 19 heavy (non-hydrogen) atoms. The van der Waals surface area contributed by atoms with Crippen LogP contribution in [0.3, 0.4) is 0 Å². The van der Waals surface area contributed by atoms with E-state index in [0.29, 0.717) is 5.92 Å². The molecule has 0 amide bonds. The van der Waals surface area contributed by atoms with E-state index in [2.05, 4.69) is 44.8 Å². The Morgan fingerprint density at radius 1 is 1.37 bits per heavy atom. The summed E-state index contributed by atoms with van der Waals surface area (Å²) in [6.45, 7) is 2.95. The summed E-state index contributed by atoms with van der Waals surface area (Å²) in [6, 6.07) is 3.92. The molecule has 3 rings (SSSR count). The fourth-order valence-corrected chi connectivity index (χ4v) is 2.87. The Hall–Kier alpha value is -1.24. The van der Waals surface area contributed by atoms with Gasteiger partial charge >= 0.3 is 0 Å². The lowest BCUT2D eigenvalue weighted by atomic mass is 10.2. The average Bonchev–Trinajstić information content (AvgIpc) is 3.27. The number of nitrogens with zero attached hydrogens (tertiary/aromatic N) is 3. The molecule has 0 bridgehead atoms. The number of hydrogen-bond acceptors (Lipinski definition) is 4. The van der Waals surface area contributed by atoms with Crippen molar-refractivity contribution in [3.63, 3.8) is 0 Å². The SMILES string of the molecule is CCNc1nc(-c2cccnc2)nc(C2CC2)c1I. The monoisotopic (exact) mass is 366 g/mol. The summed E-state index contributed by atoms with van der Waals surface area (Å²) in [4.78, 5) is 13.5. The molecule has 4 nitrogen and oxygen atoms in total. The summed E-state index contributed by atoms with van der Waals surface area (Å²) < 4.78 is 1.16. The first kappa shape index (κ1) is 12.8. The molecular formula is C14H15IN4. The van der Waals surface area contributed by atoms with Crippen LogP contribution in [0.5, 0.6) is 0 Å². The fourth-order valence-electron chi connectivity index (χ4n) is 2.00. The second-order valence-corrected chi connectivity index (χ2v) is 5.72. The van der Waals surface area contributed by atoms with Gasteiger partial charge in [0.1, 0.15) is 5.82 Å². The van der Waals surface area contributed by atoms with Gasteiger partial charge in [-0.1, -0.05) is 0 Å². The molecule has 2 aromatic heterocycles. The zero-order chi connectivity index (χ0) is 13.2. The summed E-state index contributed by atoms with van der Waals surface area (Å²) in [6.07, 6.45) is 6.06. The van der Waals surface area contributed by atoms with E-state index in [1.807, 2.05) is 18.3 Å². The van der Waals surface area contributed by atoms with Crippen molar-refractivity contribution in [2.45, 2.75) is 25.7 Å². The number of aromatic nitrogens is 3. The van der Waals surface area contributed by atoms with Crippen molar-refractivity contribution in [3.8, 4) is 11.4 Å². The fraction of sp³-hybridized carbons (Fsp3) is 0.357. The molecule has 0 unspecified atom stereocenters. The van der Waals surface area contributed by atoms with Gasteiger partial charge in [-0.15, -0.1) is 0 Å².